The molecule has 0 heterocycles. The molecule has 0 bridgehead atoms. The number of ether oxygens (including phenoxy) is 1. The van der Waals surface area contributed by atoms with Gasteiger partial charge in [-0.25, -0.2) is 14.5 Å². The molecule has 0 fully saturated rings. The standard InChI is InChI=1S/C16H29N5O5/c1-16(2,3)26-15(25)21(12(14(23)24)8-4-6-10-17)13(22)9-5-7-11-19-20-18/h12H,4-11,17H2,1-3H3,(H,23,24)/t12-/m0/s1. The fourth-order valence-corrected chi connectivity index (χ4v) is 2.18. The first-order valence-corrected chi connectivity index (χ1v) is 8.62. The lowest BCUT2D eigenvalue weighted by Gasteiger charge is -2.30. The first kappa shape index (κ1) is 23.7. The Morgan fingerprint density at radius 1 is 1.23 bits per heavy atom. The zero-order valence-electron chi connectivity index (χ0n) is 15.7. The lowest BCUT2D eigenvalue weighted by atomic mass is 10.1. The van der Waals surface area contributed by atoms with Gasteiger partial charge in [-0.3, -0.25) is 4.79 Å². The van der Waals surface area contributed by atoms with Gasteiger partial charge in [-0.1, -0.05) is 5.11 Å². The van der Waals surface area contributed by atoms with Gasteiger partial charge >= 0.3 is 12.1 Å². The van der Waals surface area contributed by atoms with Crippen molar-refractivity contribution in [1.82, 2.24) is 4.90 Å². The van der Waals surface area contributed by atoms with Crippen molar-refractivity contribution in [3.63, 3.8) is 0 Å². The molecule has 0 aromatic carbocycles. The molecule has 2 amide bonds. The highest BCUT2D eigenvalue weighted by molar-refractivity contribution is 5.96. The second-order valence-corrected chi connectivity index (χ2v) is 6.79. The number of nitrogens with two attached hydrogens (primary N) is 1. The van der Waals surface area contributed by atoms with Crippen LogP contribution in [0, 0.1) is 0 Å². The number of carbonyl (C=O) groups is 3. The minimum atomic E-state index is -1.30. The molecule has 0 radical (unpaired) electrons. The molecule has 0 aromatic rings. The van der Waals surface area contributed by atoms with Crippen LogP contribution in [0.1, 0.15) is 59.3 Å². The predicted octanol–water partition coefficient (Wildman–Crippen LogP) is 2.81. The van der Waals surface area contributed by atoms with E-state index in [1.54, 1.807) is 20.8 Å². The third-order valence-corrected chi connectivity index (χ3v) is 3.35. The largest absolute Gasteiger partial charge is 0.480 e. The highest BCUT2D eigenvalue weighted by Gasteiger charge is 2.36. The average molecular weight is 371 g/mol. The number of hydrogen-bond donors (Lipinski definition) is 2. The number of amides is 2. The molecule has 0 unspecified atom stereocenters. The molecule has 0 spiro atoms. The number of carbonyl (C=O) groups excluding carboxylic acids is 2. The Morgan fingerprint density at radius 2 is 1.88 bits per heavy atom. The molecule has 26 heavy (non-hydrogen) atoms. The Hall–Kier alpha value is -2.32. The molecular weight excluding hydrogens is 342 g/mol. The molecule has 1 atom stereocenters. The molecule has 0 saturated carbocycles. The molecule has 10 heteroatoms. The van der Waals surface area contributed by atoms with Crippen molar-refractivity contribution < 1.29 is 24.2 Å². The molecule has 0 aliphatic heterocycles. The normalized spacial score (nSPS) is 12.0. The molecule has 3 N–H and O–H groups in total. The van der Waals surface area contributed by atoms with E-state index in [0.29, 0.717) is 37.1 Å². The monoisotopic (exact) mass is 371 g/mol. The number of azide groups is 1. The second kappa shape index (κ2) is 12.1. The summed E-state index contributed by atoms with van der Waals surface area (Å²) in [5.41, 5.74) is 12.8. The molecule has 0 rings (SSSR count). The summed E-state index contributed by atoms with van der Waals surface area (Å²) in [6.45, 7) is 5.54. The van der Waals surface area contributed by atoms with E-state index in [4.69, 9.17) is 16.0 Å². The van der Waals surface area contributed by atoms with E-state index in [1.165, 1.54) is 0 Å². The topological polar surface area (TPSA) is 159 Å². The van der Waals surface area contributed by atoms with Crippen molar-refractivity contribution in [1.29, 1.82) is 0 Å². The summed E-state index contributed by atoms with van der Waals surface area (Å²) in [6, 6.07) is -1.30. The fraction of sp³-hybridized carbons (Fsp3) is 0.812. The van der Waals surface area contributed by atoms with Crippen LogP contribution < -0.4 is 5.73 Å². The van der Waals surface area contributed by atoms with Crippen LogP contribution in [0.4, 0.5) is 4.79 Å². The van der Waals surface area contributed by atoms with Gasteiger partial charge in [0, 0.05) is 17.9 Å². The summed E-state index contributed by atoms with van der Waals surface area (Å²) in [6.07, 6.45) is 0.979. The molecule has 10 nitrogen and oxygen atoms in total. The maximum atomic E-state index is 12.5. The number of aliphatic carboxylic acids is 1. The number of rotatable bonds is 11. The van der Waals surface area contributed by atoms with Crippen molar-refractivity contribution in [3.05, 3.63) is 10.4 Å². The van der Waals surface area contributed by atoms with Crippen LogP contribution in [-0.4, -0.2) is 52.7 Å². The molecule has 0 aliphatic rings. The van der Waals surface area contributed by atoms with Crippen LogP contribution in [0.25, 0.3) is 10.4 Å². The van der Waals surface area contributed by atoms with E-state index in [-0.39, 0.29) is 19.4 Å². The summed E-state index contributed by atoms with van der Waals surface area (Å²) < 4.78 is 5.21. The number of hydrogen-bond acceptors (Lipinski definition) is 6. The van der Waals surface area contributed by atoms with Crippen molar-refractivity contribution in [2.75, 3.05) is 13.1 Å². The van der Waals surface area contributed by atoms with Crippen LogP contribution in [0.5, 0.6) is 0 Å². The number of carboxylic acids is 1. The fourth-order valence-electron chi connectivity index (χ4n) is 2.18. The minimum absolute atomic E-state index is 0.0408. The summed E-state index contributed by atoms with van der Waals surface area (Å²) in [5, 5.41) is 12.9. The molecule has 0 aromatic heterocycles. The van der Waals surface area contributed by atoms with Crippen LogP contribution in [0.3, 0.4) is 0 Å². The highest BCUT2D eigenvalue weighted by atomic mass is 16.6. The smallest absolute Gasteiger partial charge is 0.417 e. The van der Waals surface area contributed by atoms with Crippen LogP contribution >= 0.6 is 0 Å². The van der Waals surface area contributed by atoms with E-state index in [1.807, 2.05) is 0 Å². The van der Waals surface area contributed by atoms with Crippen LogP contribution in [0.2, 0.25) is 0 Å². The predicted molar refractivity (Wildman–Crippen MR) is 95.3 cm³/mol. The third kappa shape index (κ3) is 9.85. The molecule has 0 saturated heterocycles. The van der Waals surface area contributed by atoms with Gasteiger partial charge < -0.3 is 15.6 Å². The first-order chi connectivity index (χ1) is 12.1. The van der Waals surface area contributed by atoms with E-state index in [0.717, 1.165) is 0 Å². The second-order valence-electron chi connectivity index (χ2n) is 6.79. The van der Waals surface area contributed by atoms with E-state index < -0.39 is 29.6 Å². The summed E-state index contributed by atoms with van der Waals surface area (Å²) in [7, 11) is 0. The zero-order valence-corrected chi connectivity index (χ0v) is 15.7. The summed E-state index contributed by atoms with van der Waals surface area (Å²) in [5.74, 6) is -1.89. The van der Waals surface area contributed by atoms with Crippen molar-refractivity contribution in [3.8, 4) is 0 Å². The lowest BCUT2D eigenvalue weighted by Crippen LogP contribution is -2.50. The number of imide groups is 1. The Bertz CT molecular complexity index is 526. The zero-order chi connectivity index (χ0) is 20.2. The van der Waals surface area contributed by atoms with Crippen molar-refractivity contribution in [2.45, 2.75) is 70.9 Å². The third-order valence-electron chi connectivity index (χ3n) is 3.35. The maximum absolute atomic E-state index is 12.5. The molecule has 148 valence electrons. The van der Waals surface area contributed by atoms with E-state index >= 15 is 0 Å². The summed E-state index contributed by atoms with van der Waals surface area (Å²) >= 11 is 0. The Balaban J connectivity index is 5.22. The van der Waals surface area contributed by atoms with E-state index in [2.05, 4.69) is 10.0 Å². The van der Waals surface area contributed by atoms with Gasteiger partial charge in [-0.2, -0.15) is 0 Å². The van der Waals surface area contributed by atoms with Crippen molar-refractivity contribution >= 4 is 18.0 Å². The Morgan fingerprint density at radius 3 is 2.38 bits per heavy atom. The Kier molecular flexibility index (Phi) is 11.0. The molecular formula is C16H29N5O5. The highest BCUT2D eigenvalue weighted by Crippen LogP contribution is 2.18. The minimum Gasteiger partial charge on any atom is -0.480 e. The van der Waals surface area contributed by atoms with Gasteiger partial charge in [0.1, 0.15) is 11.6 Å². The quantitative estimate of drug-likeness (QED) is 0.246. The van der Waals surface area contributed by atoms with Gasteiger partial charge in [0.2, 0.25) is 5.91 Å². The van der Waals surface area contributed by atoms with Crippen molar-refractivity contribution in [2.24, 2.45) is 10.8 Å². The lowest BCUT2D eigenvalue weighted by molar-refractivity contribution is -0.150. The van der Waals surface area contributed by atoms with Gasteiger partial charge in [0.05, 0.1) is 0 Å². The van der Waals surface area contributed by atoms with E-state index in [9.17, 15) is 19.5 Å². The Labute approximate surface area is 153 Å². The van der Waals surface area contributed by atoms with Gasteiger partial charge in [0.25, 0.3) is 0 Å². The summed E-state index contributed by atoms with van der Waals surface area (Å²) in [4.78, 5) is 39.9. The van der Waals surface area contributed by atoms with Gasteiger partial charge in [-0.05, 0) is 65.0 Å². The SMILES string of the molecule is CC(C)(C)OC(=O)N(C(=O)CCCCN=[N+]=[N-])[C@@H](CCCCN)C(=O)O. The molecule has 0 aliphatic carbocycles. The van der Waals surface area contributed by atoms with Gasteiger partial charge in [0.15, 0.2) is 0 Å². The number of nitrogens with zero attached hydrogens (tertiary/aromatic N) is 4. The van der Waals surface area contributed by atoms with Crippen LogP contribution in [0.15, 0.2) is 5.11 Å². The van der Waals surface area contributed by atoms with Crippen LogP contribution in [-0.2, 0) is 14.3 Å². The number of unbranched alkanes of at least 4 members (excludes halogenated alkanes) is 2. The average Bonchev–Trinajstić information content (AvgIpc) is 2.51. The maximum Gasteiger partial charge on any atom is 0.417 e. The number of carboxylic acid groups (broad SMARTS) is 1. The first-order valence-electron chi connectivity index (χ1n) is 8.62. The van der Waals surface area contributed by atoms with Gasteiger partial charge in [-0.15, -0.1) is 0 Å².